The molecule has 2 heterocycles. The summed E-state index contributed by atoms with van der Waals surface area (Å²) in [5, 5.41) is 0. The van der Waals surface area contributed by atoms with Crippen LogP contribution in [-0.2, 0) is 17.9 Å². The third-order valence-corrected chi connectivity index (χ3v) is 3.06. The lowest BCUT2D eigenvalue weighted by Crippen LogP contribution is -2.33. The molecular weight excluding hydrogens is 202 g/mol. The standard InChI is InChI=1S/C12H19N3O/c1-2-5-15-10-13-8-11(15)9-14-6-3-12(16)4-7-14/h8,10H,2-7,9H2,1H3. The van der Waals surface area contributed by atoms with Gasteiger partial charge < -0.3 is 4.57 Å². The molecule has 0 atom stereocenters. The van der Waals surface area contributed by atoms with Crippen LogP contribution in [0.2, 0.25) is 0 Å². The zero-order chi connectivity index (χ0) is 11.4. The molecule has 88 valence electrons. The van der Waals surface area contributed by atoms with Crippen LogP contribution in [0.4, 0.5) is 0 Å². The number of hydrogen-bond donors (Lipinski definition) is 0. The first-order valence-electron chi connectivity index (χ1n) is 6.02. The van der Waals surface area contributed by atoms with Gasteiger partial charge in [0.2, 0.25) is 0 Å². The van der Waals surface area contributed by atoms with E-state index >= 15 is 0 Å². The van der Waals surface area contributed by atoms with E-state index in [0.717, 1.165) is 32.6 Å². The predicted octanol–water partition coefficient (Wildman–Crippen LogP) is 1.46. The van der Waals surface area contributed by atoms with E-state index in [0.29, 0.717) is 18.6 Å². The van der Waals surface area contributed by atoms with Crippen molar-refractivity contribution in [3.63, 3.8) is 0 Å². The fourth-order valence-corrected chi connectivity index (χ4v) is 2.11. The van der Waals surface area contributed by atoms with Crippen molar-refractivity contribution in [2.75, 3.05) is 13.1 Å². The number of aryl methyl sites for hydroxylation is 1. The molecule has 4 heteroatoms. The fourth-order valence-electron chi connectivity index (χ4n) is 2.11. The lowest BCUT2D eigenvalue weighted by Gasteiger charge is -2.25. The van der Waals surface area contributed by atoms with Crippen LogP contribution in [0.15, 0.2) is 12.5 Å². The third-order valence-electron chi connectivity index (χ3n) is 3.06. The van der Waals surface area contributed by atoms with Crippen molar-refractivity contribution < 1.29 is 4.79 Å². The van der Waals surface area contributed by atoms with E-state index in [-0.39, 0.29) is 0 Å². The summed E-state index contributed by atoms with van der Waals surface area (Å²) in [5.41, 5.74) is 1.26. The first-order valence-corrected chi connectivity index (χ1v) is 6.02. The Hall–Kier alpha value is -1.16. The summed E-state index contributed by atoms with van der Waals surface area (Å²) in [6.45, 7) is 5.92. The number of aromatic nitrogens is 2. The molecule has 0 unspecified atom stereocenters. The highest BCUT2D eigenvalue weighted by Crippen LogP contribution is 2.11. The molecule has 0 amide bonds. The molecule has 4 nitrogen and oxygen atoms in total. The van der Waals surface area contributed by atoms with Crippen LogP contribution in [0.25, 0.3) is 0 Å². The summed E-state index contributed by atoms with van der Waals surface area (Å²) in [6.07, 6.45) is 6.38. The van der Waals surface area contributed by atoms with Gasteiger partial charge in [0.05, 0.1) is 12.0 Å². The number of hydrogen-bond acceptors (Lipinski definition) is 3. The maximum Gasteiger partial charge on any atom is 0.135 e. The van der Waals surface area contributed by atoms with E-state index in [2.05, 4.69) is 21.4 Å². The Morgan fingerprint density at radius 3 is 2.81 bits per heavy atom. The van der Waals surface area contributed by atoms with Crippen molar-refractivity contribution in [2.45, 2.75) is 39.3 Å². The molecule has 2 rings (SSSR count). The maximum atomic E-state index is 11.1. The number of ketones is 1. The van der Waals surface area contributed by atoms with E-state index < -0.39 is 0 Å². The van der Waals surface area contributed by atoms with Crippen LogP contribution < -0.4 is 0 Å². The van der Waals surface area contributed by atoms with Crippen LogP contribution in [-0.4, -0.2) is 33.3 Å². The fraction of sp³-hybridized carbons (Fsp3) is 0.667. The summed E-state index contributed by atoms with van der Waals surface area (Å²) in [7, 11) is 0. The minimum Gasteiger partial charge on any atom is -0.333 e. The first kappa shape index (κ1) is 11.3. The Labute approximate surface area is 96.3 Å². The molecule has 0 aromatic carbocycles. The topological polar surface area (TPSA) is 38.1 Å². The van der Waals surface area contributed by atoms with E-state index in [1.54, 1.807) is 0 Å². The van der Waals surface area contributed by atoms with Gasteiger partial charge in [-0.3, -0.25) is 9.69 Å². The zero-order valence-electron chi connectivity index (χ0n) is 9.85. The summed E-state index contributed by atoms with van der Waals surface area (Å²) >= 11 is 0. The number of rotatable bonds is 4. The normalized spacial score (nSPS) is 17.9. The van der Waals surface area contributed by atoms with E-state index in [1.807, 2.05) is 12.5 Å². The Balaban J connectivity index is 1.93. The largest absolute Gasteiger partial charge is 0.333 e. The third kappa shape index (κ3) is 2.70. The van der Waals surface area contributed by atoms with Crippen LogP contribution in [0.1, 0.15) is 31.9 Å². The minimum absolute atomic E-state index is 0.401. The van der Waals surface area contributed by atoms with Crippen LogP contribution >= 0.6 is 0 Å². The molecule has 16 heavy (non-hydrogen) atoms. The molecule has 1 aromatic heterocycles. The zero-order valence-corrected chi connectivity index (χ0v) is 9.85. The minimum atomic E-state index is 0.401. The van der Waals surface area contributed by atoms with E-state index in [9.17, 15) is 4.79 Å². The second-order valence-corrected chi connectivity index (χ2v) is 4.39. The first-order chi connectivity index (χ1) is 7.79. The molecule has 1 aromatic rings. The second-order valence-electron chi connectivity index (χ2n) is 4.39. The molecule has 0 aliphatic carbocycles. The smallest absolute Gasteiger partial charge is 0.135 e. The number of imidazole rings is 1. The van der Waals surface area contributed by atoms with Gasteiger partial charge in [0.25, 0.3) is 0 Å². The number of likely N-dealkylation sites (tertiary alicyclic amines) is 1. The van der Waals surface area contributed by atoms with Gasteiger partial charge in [0.1, 0.15) is 5.78 Å². The van der Waals surface area contributed by atoms with Crippen molar-refractivity contribution in [3.8, 4) is 0 Å². The lowest BCUT2D eigenvalue weighted by atomic mass is 10.1. The molecule has 1 saturated heterocycles. The van der Waals surface area contributed by atoms with E-state index in [4.69, 9.17) is 0 Å². The highest BCUT2D eigenvalue weighted by atomic mass is 16.1. The summed E-state index contributed by atoms with van der Waals surface area (Å²) in [5.74, 6) is 0.401. The van der Waals surface area contributed by atoms with Gasteiger partial charge in [-0.25, -0.2) is 4.98 Å². The highest BCUT2D eigenvalue weighted by molar-refractivity contribution is 5.79. The van der Waals surface area contributed by atoms with Crippen molar-refractivity contribution in [2.24, 2.45) is 0 Å². The second kappa shape index (κ2) is 5.25. The molecule has 1 aliphatic heterocycles. The lowest BCUT2D eigenvalue weighted by molar-refractivity contribution is -0.121. The van der Waals surface area contributed by atoms with Gasteiger partial charge in [0, 0.05) is 45.2 Å². The van der Waals surface area contributed by atoms with Crippen LogP contribution in [0, 0.1) is 0 Å². The van der Waals surface area contributed by atoms with Gasteiger partial charge >= 0.3 is 0 Å². The van der Waals surface area contributed by atoms with Gasteiger partial charge in [-0.1, -0.05) is 6.92 Å². The highest BCUT2D eigenvalue weighted by Gasteiger charge is 2.17. The molecule has 1 aliphatic rings. The quantitative estimate of drug-likeness (QED) is 0.772. The molecule has 0 radical (unpaired) electrons. The summed E-state index contributed by atoms with van der Waals surface area (Å²) in [6, 6.07) is 0. The van der Waals surface area contributed by atoms with Crippen LogP contribution in [0.3, 0.4) is 0 Å². The van der Waals surface area contributed by atoms with Gasteiger partial charge in [0.15, 0.2) is 0 Å². The monoisotopic (exact) mass is 221 g/mol. The average Bonchev–Trinajstić information content (AvgIpc) is 2.70. The molecular formula is C12H19N3O. The van der Waals surface area contributed by atoms with Crippen molar-refractivity contribution in [1.29, 1.82) is 0 Å². The van der Waals surface area contributed by atoms with Gasteiger partial charge in [-0.05, 0) is 6.42 Å². The number of carbonyl (C=O) groups is 1. The Kier molecular flexibility index (Phi) is 3.72. The Morgan fingerprint density at radius 1 is 1.38 bits per heavy atom. The van der Waals surface area contributed by atoms with Crippen molar-refractivity contribution in [3.05, 3.63) is 18.2 Å². The van der Waals surface area contributed by atoms with E-state index in [1.165, 1.54) is 5.69 Å². The molecule has 0 N–H and O–H groups in total. The molecule has 1 fully saturated rings. The molecule has 0 bridgehead atoms. The number of nitrogens with zero attached hydrogens (tertiary/aromatic N) is 3. The molecule has 0 spiro atoms. The van der Waals surface area contributed by atoms with Gasteiger partial charge in [-0.15, -0.1) is 0 Å². The average molecular weight is 221 g/mol. The number of piperidine rings is 1. The Bertz CT molecular complexity index is 349. The summed E-state index contributed by atoms with van der Waals surface area (Å²) < 4.78 is 2.20. The van der Waals surface area contributed by atoms with Crippen molar-refractivity contribution in [1.82, 2.24) is 14.5 Å². The van der Waals surface area contributed by atoms with Crippen molar-refractivity contribution >= 4 is 5.78 Å². The number of Topliss-reactive ketones (excluding diaryl/α,β-unsaturated/α-hetero) is 1. The SMILES string of the molecule is CCCn1cncc1CN1CCC(=O)CC1. The number of carbonyl (C=O) groups excluding carboxylic acids is 1. The molecule has 0 saturated carbocycles. The maximum absolute atomic E-state index is 11.1. The Morgan fingerprint density at radius 2 is 2.12 bits per heavy atom. The summed E-state index contributed by atoms with van der Waals surface area (Å²) in [4.78, 5) is 17.7. The van der Waals surface area contributed by atoms with Gasteiger partial charge in [-0.2, -0.15) is 0 Å². The predicted molar refractivity (Wildman–Crippen MR) is 62.0 cm³/mol. The van der Waals surface area contributed by atoms with Crippen LogP contribution in [0.5, 0.6) is 0 Å².